The standard InChI is InChI=1S/C25H22FN3O2/c1-28(2)21-14-12-20(13-15-21)27-23-22(18-6-4-3-5-7-18)24(30)29(25(23)31)16-17-8-10-19(26)11-9-17/h3-15,27H,16H2,1-2H3. The van der Waals surface area contributed by atoms with E-state index in [1.54, 1.807) is 24.3 Å². The summed E-state index contributed by atoms with van der Waals surface area (Å²) in [5.74, 6) is -1.16. The highest BCUT2D eigenvalue weighted by atomic mass is 19.1. The van der Waals surface area contributed by atoms with Crippen LogP contribution in [0, 0.1) is 5.82 Å². The van der Waals surface area contributed by atoms with Crippen LogP contribution in [0.15, 0.2) is 84.6 Å². The Balaban J connectivity index is 1.69. The average molecular weight is 415 g/mol. The zero-order chi connectivity index (χ0) is 22.0. The molecule has 1 heterocycles. The van der Waals surface area contributed by atoms with Gasteiger partial charge in [-0.25, -0.2) is 4.39 Å². The van der Waals surface area contributed by atoms with E-state index < -0.39 is 5.91 Å². The number of carbonyl (C=O) groups excluding carboxylic acids is 2. The second kappa shape index (κ2) is 8.44. The fourth-order valence-corrected chi connectivity index (χ4v) is 3.47. The Kier molecular flexibility index (Phi) is 5.54. The van der Waals surface area contributed by atoms with E-state index in [2.05, 4.69) is 5.32 Å². The lowest BCUT2D eigenvalue weighted by Gasteiger charge is -2.16. The van der Waals surface area contributed by atoms with E-state index in [-0.39, 0.29) is 24.0 Å². The minimum atomic E-state index is -0.412. The highest BCUT2D eigenvalue weighted by molar-refractivity contribution is 6.36. The van der Waals surface area contributed by atoms with Gasteiger partial charge in [0.25, 0.3) is 11.8 Å². The number of hydrogen-bond acceptors (Lipinski definition) is 4. The number of rotatable bonds is 6. The molecule has 1 aliphatic rings. The molecule has 1 aliphatic heterocycles. The Morgan fingerprint density at radius 1 is 0.839 bits per heavy atom. The molecule has 3 aromatic rings. The maximum atomic E-state index is 13.3. The number of nitrogens with zero attached hydrogens (tertiary/aromatic N) is 2. The van der Waals surface area contributed by atoms with Crippen LogP contribution in [0.2, 0.25) is 0 Å². The monoisotopic (exact) mass is 415 g/mol. The molecule has 0 radical (unpaired) electrons. The van der Waals surface area contributed by atoms with E-state index in [9.17, 15) is 14.0 Å². The molecule has 0 unspecified atom stereocenters. The second-order valence-corrected chi connectivity index (χ2v) is 7.51. The molecule has 3 aromatic carbocycles. The number of halogens is 1. The van der Waals surface area contributed by atoms with Crippen molar-refractivity contribution in [2.24, 2.45) is 0 Å². The zero-order valence-electron chi connectivity index (χ0n) is 17.3. The van der Waals surface area contributed by atoms with E-state index in [1.807, 2.05) is 61.5 Å². The highest BCUT2D eigenvalue weighted by Gasteiger charge is 2.39. The molecule has 0 aromatic heterocycles. The van der Waals surface area contributed by atoms with Crippen LogP contribution in [0.3, 0.4) is 0 Å². The largest absolute Gasteiger partial charge is 0.378 e. The van der Waals surface area contributed by atoms with Gasteiger partial charge < -0.3 is 10.2 Å². The van der Waals surface area contributed by atoms with E-state index in [1.165, 1.54) is 17.0 Å². The van der Waals surface area contributed by atoms with Crippen LogP contribution in [0.25, 0.3) is 5.57 Å². The van der Waals surface area contributed by atoms with Gasteiger partial charge in [-0.15, -0.1) is 0 Å². The van der Waals surface area contributed by atoms with Crippen LogP contribution in [-0.2, 0) is 16.1 Å². The van der Waals surface area contributed by atoms with E-state index in [4.69, 9.17) is 0 Å². The van der Waals surface area contributed by atoms with Gasteiger partial charge in [-0.3, -0.25) is 14.5 Å². The average Bonchev–Trinajstić information content (AvgIpc) is 3.00. The summed E-state index contributed by atoms with van der Waals surface area (Å²) in [6.07, 6.45) is 0. The third kappa shape index (κ3) is 4.19. The van der Waals surface area contributed by atoms with Crippen LogP contribution in [0.5, 0.6) is 0 Å². The van der Waals surface area contributed by atoms with Crippen LogP contribution in [0.1, 0.15) is 11.1 Å². The molecule has 0 atom stereocenters. The quantitative estimate of drug-likeness (QED) is 0.611. The normalized spacial score (nSPS) is 13.7. The molecule has 6 heteroatoms. The van der Waals surface area contributed by atoms with Crippen molar-refractivity contribution in [2.75, 3.05) is 24.3 Å². The maximum absolute atomic E-state index is 13.3. The number of carbonyl (C=O) groups is 2. The van der Waals surface area contributed by atoms with Crippen molar-refractivity contribution >= 4 is 28.8 Å². The Labute approximate surface area is 180 Å². The molecule has 2 amide bonds. The molecular weight excluding hydrogens is 393 g/mol. The smallest absolute Gasteiger partial charge is 0.278 e. The first-order valence-corrected chi connectivity index (χ1v) is 9.89. The predicted octanol–water partition coefficient (Wildman–Crippen LogP) is 4.28. The van der Waals surface area contributed by atoms with Crippen molar-refractivity contribution in [3.05, 3.63) is 102 Å². The van der Waals surface area contributed by atoms with Gasteiger partial charge >= 0.3 is 0 Å². The first-order chi connectivity index (χ1) is 14.9. The van der Waals surface area contributed by atoms with Crippen LogP contribution in [0.4, 0.5) is 15.8 Å². The van der Waals surface area contributed by atoms with Gasteiger partial charge in [-0.2, -0.15) is 0 Å². The lowest BCUT2D eigenvalue weighted by Crippen LogP contribution is -2.32. The second-order valence-electron chi connectivity index (χ2n) is 7.51. The molecule has 0 fully saturated rings. The number of imide groups is 1. The summed E-state index contributed by atoms with van der Waals surface area (Å²) in [4.78, 5) is 29.7. The first kappa shape index (κ1) is 20.3. The van der Waals surface area contributed by atoms with E-state index in [0.29, 0.717) is 22.4 Å². The first-order valence-electron chi connectivity index (χ1n) is 9.89. The van der Waals surface area contributed by atoms with Crippen LogP contribution < -0.4 is 10.2 Å². The van der Waals surface area contributed by atoms with Gasteiger partial charge in [0.2, 0.25) is 0 Å². The summed E-state index contributed by atoms with van der Waals surface area (Å²) >= 11 is 0. The van der Waals surface area contributed by atoms with Gasteiger partial charge in [-0.05, 0) is 47.5 Å². The molecule has 0 saturated heterocycles. The summed E-state index contributed by atoms with van der Waals surface area (Å²) in [5.41, 5.74) is 3.62. The number of anilines is 2. The Morgan fingerprint density at radius 2 is 1.48 bits per heavy atom. The SMILES string of the molecule is CN(C)c1ccc(NC2=C(c3ccccc3)C(=O)N(Cc3ccc(F)cc3)C2=O)cc1. The van der Waals surface area contributed by atoms with Crippen molar-refractivity contribution in [3.8, 4) is 0 Å². The zero-order valence-corrected chi connectivity index (χ0v) is 17.3. The van der Waals surface area contributed by atoms with Gasteiger partial charge in [0.15, 0.2) is 0 Å². The van der Waals surface area contributed by atoms with E-state index >= 15 is 0 Å². The summed E-state index contributed by atoms with van der Waals surface area (Å²) in [6, 6.07) is 22.5. The Hall–Kier alpha value is -3.93. The maximum Gasteiger partial charge on any atom is 0.278 e. The van der Waals surface area contributed by atoms with Gasteiger partial charge in [0.05, 0.1) is 12.1 Å². The minimum Gasteiger partial charge on any atom is -0.378 e. The summed E-state index contributed by atoms with van der Waals surface area (Å²) in [6.45, 7) is 0.0685. The highest BCUT2D eigenvalue weighted by Crippen LogP contribution is 2.31. The number of hydrogen-bond donors (Lipinski definition) is 1. The number of nitrogens with one attached hydrogen (secondary N) is 1. The van der Waals surface area contributed by atoms with Crippen molar-refractivity contribution in [2.45, 2.75) is 6.54 Å². The molecular formula is C25H22FN3O2. The van der Waals surface area contributed by atoms with Crippen molar-refractivity contribution < 1.29 is 14.0 Å². The molecule has 156 valence electrons. The third-order valence-electron chi connectivity index (χ3n) is 5.14. The lowest BCUT2D eigenvalue weighted by molar-refractivity contribution is -0.137. The van der Waals surface area contributed by atoms with Crippen molar-refractivity contribution in [3.63, 3.8) is 0 Å². The number of amides is 2. The molecule has 1 N–H and O–H groups in total. The third-order valence-corrected chi connectivity index (χ3v) is 5.14. The van der Waals surface area contributed by atoms with Crippen LogP contribution >= 0.6 is 0 Å². The lowest BCUT2D eigenvalue weighted by atomic mass is 10.0. The topological polar surface area (TPSA) is 52.7 Å². The Bertz CT molecular complexity index is 1140. The Morgan fingerprint density at radius 3 is 2.10 bits per heavy atom. The molecule has 5 nitrogen and oxygen atoms in total. The fraction of sp³-hybridized carbons (Fsp3) is 0.120. The summed E-state index contributed by atoms with van der Waals surface area (Å²) in [5, 5.41) is 3.15. The van der Waals surface area contributed by atoms with Crippen LogP contribution in [-0.4, -0.2) is 30.8 Å². The molecule has 0 aliphatic carbocycles. The molecule has 0 spiro atoms. The number of benzene rings is 3. The summed E-state index contributed by atoms with van der Waals surface area (Å²) in [7, 11) is 3.90. The van der Waals surface area contributed by atoms with Gasteiger partial charge in [0.1, 0.15) is 11.5 Å². The van der Waals surface area contributed by atoms with Crippen molar-refractivity contribution in [1.82, 2.24) is 4.90 Å². The molecule has 4 rings (SSSR count). The molecule has 0 saturated carbocycles. The fourth-order valence-electron chi connectivity index (χ4n) is 3.47. The summed E-state index contributed by atoms with van der Waals surface area (Å²) < 4.78 is 13.3. The van der Waals surface area contributed by atoms with Gasteiger partial charge in [0, 0.05) is 25.5 Å². The van der Waals surface area contributed by atoms with Gasteiger partial charge in [-0.1, -0.05) is 42.5 Å². The predicted molar refractivity (Wildman–Crippen MR) is 120 cm³/mol. The van der Waals surface area contributed by atoms with E-state index in [0.717, 1.165) is 5.69 Å². The molecule has 0 bridgehead atoms. The minimum absolute atomic E-state index is 0.0685. The van der Waals surface area contributed by atoms with Crippen molar-refractivity contribution in [1.29, 1.82) is 0 Å². The molecule has 31 heavy (non-hydrogen) atoms.